The topological polar surface area (TPSA) is 41.1 Å². The highest BCUT2D eigenvalue weighted by molar-refractivity contribution is 7.10. The maximum atomic E-state index is 12.2. The van der Waals surface area contributed by atoms with Gasteiger partial charge >= 0.3 is 0 Å². The summed E-state index contributed by atoms with van der Waals surface area (Å²) in [6.45, 7) is 2.77. The third kappa shape index (κ3) is 2.56. The Balaban J connectivity index is 1.59. The summed E-state index contributed by atoms with van der Waals surface area (Å²) in [6, 6.07) is 10.1. The average Bonchev–Trinajstić information content (AvgIpc) is 3.10. The second-order valence-electron chi connectivity index (χ2n) is 5.00. The van der Waals surface area contributed by atoms with Crippen molar-refractivity contribution in [2.75, 3.05) is 5.32 Å². The van der Waals surface area contributed by atoms with Crippen LogP contribution in [0.25, 0.3) is 0 Å². The summed E-state index contributed by atoms with van der Waals surface area (Å²) in [5.74, 6) is 0.0802. The molecule has 2 heterocycles. The summed E-state index contributed by atoms with van der Waals surface area (Å²) in [5, 5.41) is 8.42. The SMILES string of the molecule is CCc1ccsc1CNC(=O)C1Cc2ccccc2N1. The molecule has 0 saturated heterocycles. The summed E-state index contributed by atoms with van der Waals surface area (Å²) in [6.07, 6.45) is 1.79. The molecule has 4 heteroatoms. The molecule has 1 aliphatic rings. The van der Waals surface area contributed by atoms with Crippen LogP contribution in [0.2, 0.25) is 0 Å². The van der Waals surface area contributed by atoms with Gasteiger partial charge in [0.05, 0.1) is 6.54 Å². The molecule has 1 aliphatic heterocycles. The Labute approximate surface area is 123 Å². The van der Waals surface area contributed by atoms with Crippen LogP contribution in [0, 0.1) is 0 Å². The first-order valence-corrected chi connectivity index (χ1v) is 7.83. The highest BCUT2D eigenvalue weighted by atomic mass is 32.1. The number of anilines is 1. The molecule has 1 amide bonds. The maximum Gasteiger partial charge on any atom is 0.243 e. The van der Waals surface area contributed by atoms with Crippen LogP contribution in [0.3, 0.4) is 0 Å². The average molecular weight is 286 g/mol. The zero-order valence-corrected chi connectivity index (χ0v) is 12.3. The lowest BCUT2D eigenvalue weighted by molar-refractivity contribution is -0.121. The largest absolute Gasteiger partial charge is 0.373 e. The van der Waals surface area contributed by atoms with Gasteiger partial charge in [0.15, 0.2) is 0 Å². The molecule has 1 unspecified atom stereocenters. The van der Waals surface area contributed by atoms with Gasteiger partial charge in [-0.1, -0.05) is 25.1 Å². The molecule has 0 spiro atoms. The fraction of sp³-hybridized carbons (Fsp3) is 0.312. The monoisotopic (exact) mass is 286 g/mol. The van der Waals surface area contributed by atoms with E-state index in [0.29, 0.717) is 6.54 Å². The summed E-state index contributed by atoms with van der Waals surface area (Å²) in [7, 11) is 0. The number of hydrogen-bond donors (Lipinski definition) is 2. The maximum absolute atomic E-state index is 12.2. The fourth-order valence-corrected chi connectivity index (χ4v) is 3.50. The second-order valence-corrected chi connectivity index (χ2v) is 6.00. The van der Waals surface area contributed by atoms with Crippen molar-refractivity contribution in [1.82, 2.24) is 5.32 Å². The smallest absolute Gasteiger partial charge is 0.243 e. The summed E-state index contributed by atoms with van der Waals surface area (Å²) >= 11 is 1.71. The van der Waals surface area contributed by atoms with E-state index in [0.717, 1.165) is 18.5 Å². The fourth-order valence-electron chi connectivity index (χ4n) is 2.58. The van der Waals surface area contributed by atoms with Crippen molar-refractivity contribution in [1.29, 1.82) is 0 Å². The van der Waals surface area contributed by atoms with E-state index in [-0.39, 0.29) is 11.9 Å². The second kappa shape index (κ2) is 5.67. The lowest BCUT2D eigenvalue weighted by Gasteiger charge is -2.12. The number of carbonyl (C=O) groups is 1. The van der Waals surface area contributed by atoms with Gasteiger partial charge in [-0.3, -0.25) is 4.79 Å². The van der Waals surface area contributed by atoms with E-state index in [1.54, 1.807) is 11.3 Å². The van der Waals surface area contributed by atoms with Gasteiger partial charge in [-0.15, -0.1) is 11.3 Å². The highest BCUT2D eigenvalue weighted by Crippen LogP contribution is 2.25. The Morgan fingerprint density at radius 3 is 3.05 bits per heavy atom. The van der Waals surface area contributed by atoms with E-state index >= 15 is 0 Å². The van der Waals surface area contributed by atoms with Crippen LogP contribution in [-0.2, 0) is 24.2 Å². The van der Waals surface area contributed by atoms with Gasteiger partial charge < -0.3 is 10.6 Å². The van der Waals surface area contributed by atoms with E-state index in [1.807, 2.05) is 18.2 Å². The van der Waals surface area contributed by atoms with Crippen LogP contribution >= 0.6 is 11.3 Å². The van der Waals surface area contributed by atoms with Crippen molar-refractivity contribution in [3.63, 3.8) is 0 Å². The van der Waals surface area contributed by atoms with Gasteiger partial charge in [0.2, 0.25) is 5.91 Å². The number of rotatable bonds is 4. The molecule has 3 nitrogen and oxygen atoms in total. The predicted molar refractivity (Wildman–Crippen MR) is 83.1 cm³/mol. The van der Waals surface area contributed by atoms with Gasteiger partial charge in [0.1, 0.15) is 6.04 Å². The van der Waals surface area contributed by atoms with Crippen molar-refractivity contribution < 1.29 is 4.79 Å². The summed E-state index contributed by atoms with van der Waals surface area (Å²) in [4.78, 5) is 13.5. The number of hydrogen-bond acceptors (Lipinski definition) is 3. The molecule has 2 N–H and O–H groups in total. The molecule has 0 radical (unpaired) electrons. The lowest BCUT2D eigenvalue weighted by Crippen LogP contribution is -2.38. The molecule has 2 aromatic rings. The zero-order valence-electron chi connectivity index (χ0n) is 11.5. The van der Waals surface area contributed by atoms with Gasteiger partial charge in [-0.25, -0.2) is 0 Å². The molecule has 0 aliphatic carbocycles. The van der Waals surface area contributed by atoms with Gasteiger partial charge in [-0.05, 0) is 35.1 Å². The van der Waals surface area contributed by atoms with E-state index in [1.165, 1.54) is 16.0 Å². The van der Waals surface area contributed by atoms with Gasteiger partial charge in [0, 0.05) is 17.0 Å². The highest BCUT2D eigenvalue weighted by Gasteiger charge is 2.26. The van der Waals surface area contributed by atoms with Crippen molar-refractivity contribution >= 4 is 22.9 Å². The molecular formula is C16H18N2OS. The molecule has 0 saturated carbocycles. The Morgan fingerprint density at radius 2 is 2.25 bits per heavy atom. The van der Waals surface area contributed by atoms with Crippen molar-refractivity contribution in [3.8, 4) is 0 Å². The number of amides is 1. The zero-order chi connectivity index (χ0) is 13.9. The normalized spacial score (nSPS) is 16.6. The number of nitrogens with one attached hydrogen (secondary N) is 2. The van der Waals surface area contributed by atoms with E-state index in [2.05, 4.69) is 35.1 Å². The first-order valence-electron chi connectivity index (χ1n) is 6.95. The Kier molecular flexibility index (Phi) is 3.74. The molecule has 104 valence electrons. The van der Waals surface area contributed by atoms with Crippen molar-refractivity contribution in [2.24, 2.45) is 0 Å². The van der Waals surface area contributed by atoms with Crippen molar-refractivity contribution in [2.45, 2.75) is 32.4 Å². The summed E-state index contributed by atoms with van der Waals surface area (Å²) in [5.41, 5.74) is 3.63. The standard InChI is InChI=1S/C16H18N2OS/c1-2-11-7-8-20-15(11)10-17-16(19)14-9-12-5-3-4-6-13(12)18-14/h3-8,14,18H,2,9-10H2,1H3,(H,17,19). The predicted octanol–water partition coefficient (Wildman–Crippen LogP) is 2.96. The first-order chi connectivity index (χ1) is 9.78. The van der Waals surface area contributed by atoms with Crippen LogP contribution in [0.5, 0.6) is 0 Å². The Bertz CT molecular complexity index is 595. The van der Waals surface area contributed by atoms with Gasteiger partial charge in [-0.2, -0.15) is 0 Å². The number of carbonyl (C=O) groups excluding carboxylic acids is 1. The van der Waals surface area contributed by atoms with Crippen LogP contribution < -0.4 is 10.6 Å². The first kappa shape index (κ1) is 13.2. The third-order valence-corrected chi connectivity index (χ3v) is 4.69. The van der Waals surface area contributed by atoms with Crippen molar-refractivity contribution in [3.05, 3.63) is 51.7 Å². The van der Waals surface area contributed by atoms with Crippen LogP contribution in [-0.4, -0.2) is 11.9 Å². The van der Waals surface area contributed by atoms with E-state index in [9.17, 15) is 4.79 Å². The number of thiophene rings is 1. The Hall–Kier alpha value is -1.81. The molecule has 1 atom stereocenters. The van der Waals surface area contributed by atoms with E-state index < -0.39 is 0 Å². The third-order valence-electron chi connectivity index (χ3n) is 3.73. The van der Waals surface area contributed by atoms with Crippen LogP contribution in [0.15, 0.2) is 35.7 Å². The number of para-hydroxylation sites is 1. The minimum Gasteiger partial charge on any atom is -0.373 e. The number of fused-ring (bicyclic) bond motifs is 1. The minimum absolute atomic E-state index is 0.0802. The van der Waals surface area contributed by atoms with Crippen LogP contribution in [0.1, 0.15) is 22.9 Å². The molecular weight excluding hydrogens is 268 g/mol. The Morgan fingerprint density at radius 1 is 1.40 bits per heavy atom. The minimum atomic E-state index is -0.141. The van der Waals surface area contributed by atoms with E-state index in [4.69, 9.17) is 0 Å². The molecule has 1 aromatic carbocycles. The van der Waals surface area contributed by atoms with Crippen LogP contribution in [0.4, 0.5) is 5.69 Å². The van der Waals surface area contributed by atoms with Gasteiger partial charge in [0.25, 0.3) is 0 Å². The molecule has 20 heavy (non-hydrogen) atoms. The lowest BCUT2D eigenvalue weighted by atomic mass is 10.1. The quantitative estimate of drug-likeness (QED) is 0.907. The number of aryl methyl sites for hydroxylation is 1. The molecule has 3 rings (SSSR count). The number of benzene rings is 1. The summed E-state index contributed by atoms with van der Waals surface area (Å²) < 4.78 is 0. The molecule has 1 aromatic heterocycles. The molecule has 0 fully saturated rings. The molecule has 0 bridgehead atoms.